The minimum absolute atomic E-state index is 0.0505. The van der Waals surface area contributed by atoms with Gasteiger partial charge in [0.25, 0.3) is 0 Å². The predicted molar refractivity (Wildman–Crippen MR) is 110 cm³/mol. The number of benzene rings is 2. The number of carbonyl (C=O) groups excluding carboxylic acids is 1. The summed E-state index contributed by atoms with van der Waals surface area (Å²) in [6, 6.07) is 11.5. The molecule has 2 aromatic carbocycles. The molecule has 1 amide bonds. The quantitative estimate of drug-likeness (QED) is 0.507. The van der Waals surface area contributed by atoms with Crippen LogP contribution in [0, 0.1) is 0 Å². The largest absolute Gasteiger partial charge is 0.449 e. The summed E-state index contributed by atoms with van der Waals surface area (Å²) in [4.78, 5) is 16.0. The van der Waals surface area contributed by atoms with Crippen LogP contribution in [0.25, 0.3) is 11.0 Å². The number of nitrogens with one attached hydrogen (secondary N) is 2. The first-order chi connectivity index (χ1) is 14.6. The number of hydrogen-bond acceptors (Lipinski definition) is 4. The fourth-order valence-electron chi connectivity index (χ4n) is 3.00. The van der Waals surface area contributed by atoms with Crippen LogP contribution in [0.1, 0.15) is 25.6 Å². The number of sulfonamides is 1. The number of halogens is 3. The second-order valence-electron chi connectivity index (χ2n) is 6.84. The summed E-state index contributed by atoms with van der Waals surface area (Å²) in [6.45, 7) is 1.57. The van der Waals surface area contributed by atoms with Gasteiger partial charge in [-0.15, -0.1) is 0 Å². The Hall–Kier alpha value is -2.92. The van der Waals surface area contributed by atoms with Crippen LogP contribution < -0.4 is 10.0 Å². The molecular weight excluding hydrogens is 433 g/mol. The van der Waals surface area contributed by atoms with Crippen molar-refractivity contribution in [2.24, 2.45) is 0 Å². The lowest BCUT2D eigenvalue weighted by molar-refractivity contribution is -0.147. The van der Waals surface area contributed by atoms with Crippen LogP contribution in [0.15, 0.2) is 53.4 Å². The SMILES string of the molecule is CCCCNS(=O)(=O)c1cccc(NC(=O)Cn2c(C(F)(F)F)nc3ccccc32)c1. The molecule has 0 fully saturated rings. The zero-order valence-corrected chi connectivity index (χ0v) is 17.4. The van der Waals surface area contributed by atoms with Gasteiger partial charge in [0.15, 0.2) is 0 Å². The Labute approximate surface area is 177 Å². The number of amides is 1. The summed E-state index contributed by atoms with van der Waals surface area (Å²) in [5, 5.41) is 2.46. The highest BCUT2D eigenvalue weighted by atomic mass is 32.2. The van der Waals surface area contributed by atoms with Crippen molar-refractivity contribution in [1.29, 1.82) is 0 Å². The van der Waals surface area contributed by atoms with Gasteiger partial charge < -0.3 is 9.88 Å². The summed E-state index contributed by atoms with van der Waals surface area (Å²) < 4.78 is 68.1. The summed E-state index contributed by atoms with van der Waals surface area (Å²) >= 11 is 0. The Morgan fingerprint density at radius 1 is 1.13 bits per heavy atom. The topological polar surface area (TPSA) is 93.1 Å². The minimum Gasteiger partial charge on any atom is -0.324 e. The van der Waals surface area contributed by atoms with Crippen LogP contribution in [0.3, 0.4) is 0 Å². The van der Waals surface area contributed by atoms with E-state index in [-0.39, 0.29) is 28.2 Å². The van der Waals surface area contributed by atoms with Gasteiger partial charge in [-0.2, -0.15) is 13.2 Å². The van der Waals surface area contributed by atoms with E-state index >= 15 is 0 Å². The maximum absolute atomic E-state index is 13.4. The molecule has 0 bridgehead atoms. The van der Waals surface area contributed by atoms with Crippen LogP contribution in [0.2, 0.25) is 0 Å². The zero-order chi connectivity index (χ0) is 22.6. The van der Waals surface area contributed by atoms with Crippen molar-refractivity contribution < 1.29 is 26.4 Å². The van der Waals surface area contributed by atoms with Crippen molar-refractivity contribution >= 4 is 32.7 Å². The van der Waals surface area contributed by atoms with E-state index in [1.54, 1.807) is 12.1 Å². The van der Waals surface area contributed by atoms with Gasteiger partial charge in [0.2, 0.25) is 21.8 Å². The number of carbonyl (C=O) groups is 1. The van der Waals surface area contributed by atoms with E-state index < -0.39 is 34.5 Å². The van der Waals surface area contributed by atoms with Crippen LogP contribution in [0.4, 0.5) is 18.9 Å². The molecule has 0 aliphatic rings. The molecule has 0 atom stereocenters. The standard InChI is InChI=1S/C20H21F3N4O3S/c1-2-3-11-24-31(29,30)15-8-6-7-14(12-15)25-18(28)13-27-17-10-5-4-9-16(17)26-19(27)20(21,22)23/h4-10,12,24H,2-3,11,13H2,1H3,(H,25,28). The number of nitrogens with zero attached hydrogens (tertiary/aromatic N) is 2. The number of unbranched alkanes of at least 4 members (excludes halogenated alkanes) is 1. The maximum atomic E-state index is 13.4. The molecule has 3 aromatic rings. The van der Waals surface area contributed by atoms with Gasteiger partial charge in [-0.05, 0) is 36.8 Å². The number of hydrogen-bond donors (Lipinski definition) is 2. The predicted octanol–water partition coefficient (Wildman–Crippen LogP) is 3.77. The van der Waals surface area contributed by atoms with Gasteiger partial charge in [-0.1, -0.05) is 31.5 Å². The van der Waals surface area contributed by atoms with E-state index in [4.69, 9.17) is 0 Å². The molecule has 7 nitrogen and oxygen atoms in total. The first-order valence-electron chi connectivity index (χ1n) is 9.54. The number of anilines is 1. The third-order valence-electron chi connectivity index (χ3n) is 4.46. The van der Waals surface area contributed by atoms with Crippen LogP contribution >= 0.6 is 0 Å². The third-order valence-corrected chi connectivity index (χ3v) is 5.92. The zero-order valence-electron chi connectivity index (χ0n) is 16.6. The van der Waals surface area contributed by atoms with Crippen molar-refractivity contribution in [2.45, 2.75) is 37.4 Å². The van der Waals surface area contributed by atoms with E-state index in [0.29, 0.717) is 6.42 Å². The number of alkyl halides is 3. The van der Waals surface area contributed by atoms with Gasteiger partial charge in [-0.25, -0.2) is 18.1 Å². The highest BCUT2D eigenvalue weighted by molar-refractivity contribution is 7.89. The van der Waals surface area contributed by atoms with Gasteiger partial charge in [0.1, 0.15) is 6.54 Å². The minimum atomic E-state index is -4.74. The Kier molecular flexibility index (Phi) is 6.65. The second-order valence-corrected chi connectivity index (χ2v) is 8.60. The van der Waals surface area contributed by atoms with Crippen LogP contribution in [-0.4, -0.2) is 30.4 Å². The lowest BCUT2D eigenvalue weighted by Crippen LogP contribution is -2.25. The van der Waals surface area contributed by atoms with E-state index in [1.807, 2.05) is 6.92 Å². The number of aromatic nitrogens is 2. The second kappa shape index (κ2) is 9.06. The van der Waals surface area contributed by atoms with Crippen molar-refractivity contribution in [1.82, 2.24) is 14.3 Å². The number of para-hydroxylation sites is 2. The Bertz CT molecular complexity index is 1190. The molecule has 1 heterocycles. The molecule has 1 aromatic heterocycles. The number of imidazole rings is 1. The Morgan fingerprint density at radius 2 is 1.87 bits per heavy atom. The van der Waals surface area contributed by atoms with E-state index in [2.05, 4.69) is 15.0 Å². The molecule has 11 heteroatoms. The molecule has 0 aliphatic heterocycles. The third kappa shape index (κ3) is 5.42. The summed E-state index contributed by atoms with van der Waals surface area (Å²) in [6.07, 6.45) is -3.24. The van der Waals surface area contributed by atoms with E-state index in [1.165, 1.54) is 36.4 Å². The normalized spacial score (nSPS) is 12.3. The Morgan fingerprint density at radius 3 is 2.58 bits per heavy atom. The van der Waals surface area contributed by atoms with E-state index in [9.17, 15) is 26.4 Å². The summed E-state index contributed by atoms with van der Waals surface area (Å²) in [7, 11) is -3.76. The molecule has 3 rings (SSSR count). The molecular formula is C20H21F3N4O3S. The first kappa shape index (κ1) is 22.8. The summed E-state index contributed by atoms with van der Waals surface area (Å²) in [5.41, 5.74) is 0.441. The summed E-state index contributed by atoms with van der Waals surface area (Å²) in [5.74, 6) is -1.93. The molecule has 0 saturated carbocycles. The fraction of sp³-hybridized carbons (Fsp3) is 0.300. The monoisotopic (exact) mass is 454 g/mol. The molecule has 0 aliphatic carbocycles. The first-order valence-corrected chi connectivity index (χ1v) is 11.0. The smallest absolute Gasteiger partial charge is 0.324 e. The van der Waals surface area contributed by atoms with Gasteiger partial charge in [0.05, 0.1) is 15.9 Å². The van der Waals surface area contributed by atoms with Gasteiger partial charge in [-0.3, -0.25) is 4.79 Å². The van der Waals surface area contributed by atoms with Crippen molar-refractivity contribution in [3.05, 3.63) is 54.4 Å². The van der Waals surface area contributed by atoms with Crippen molar-refractivity contribution in [3.8, 4) is 0 Å². The molecule has 0 saturated heterocycles. The lowest BCUT2D eigenvalue weighted by Gasteiger charge is -2.12. The van der Waals surface area contributed by atoms with Gasteiger partial charge >= 0.3 is 6.18 Å². The Balaban J connectivity index is 1.81. The van der Waals surface area contributed by atoms with Crippen molar-refractivity contribution in [3.63, 3.8) is 0 Å². The highest BCUT2D eigenvalue weighted by Crippen LogP contribution is 2.31. The molecule has 0 spiro atoms. The number of fused-ring (bicyclic) bond motifs is 1. The number of rotatable bonds is 8. The average Bonchev–Trinajstić information content (AvgIpc) is 3.07. The molecule has 166 valence electrons. The average molecular weight is 454 g/mol. The highest BCUT2D eigenvalue weighted by Gasteiger charge is 2.38. The lowest BCUT2D eigenvalue weighted by atomic mass is 10.3. The van der Waals surface area contributed by atoms with E-state index in [0.717, 1.165) is 11.0 Å². The molecule has 0 unspecified atom stereocenters. The van der Waals surface area contributed by atoms with Gasteiger partial charge in [0, 0.05) is 12.2 Å². The maximum Gasteiger partial charge on any atom is 0.449 e. The molecule has 0 radical (unpaired) electrons. The van der Waals surface area contributed by atoms with Crippen LogP contribution in [-0.2, 0) is 27.5 Å². The fourth-order valence-corrected chi connectivity index (χ4v) is 4.12. The van der Waals surface area contributed by atoms with Crippen molar-refractivity contribution in [2.75, 3.05) is 11.9 Å². The molecule has 31 heavy (non-hydrogen) atoms. The van der Waals surface area contributed by atoms with Crippen LogP contribution in [0.5, 0.6) is 0 Å². The molecule has 2 N–H and O–H groups in total.